The molecule has 2 heterocycles. The molecule has 34 heavy (non-hydrogen) atoms. The summed E-state index contributed by atoms with van der Waals surface area (Å²) in [4.78, 5) is 26.9. The fraction of sp³-hybridized carbons (Fsp3) is 0.556. The quantitative estimate of drug-likeness (QED) is 0.592. The Morgan fingerprint density at radius 1 is 1.24 bits per heavy atom. The Kier molecular flexibility index (Phi) is 7.03. The molecule has 0 aromatic heterocycles. The third kappa shape index (κ3) is 4.85. The summed E-state index contributed by atoms with van der Waals surface area (Å²) in [5, 5.41) is 3.37. The molecule has 3 aliphatic rings. The second-order valence-corrected chi connectivity index (χ2v) is 10.0. The smallest absolute Gasteiger partial charge is 0.336 e. The summed E-state index contributed by atoms with van der Waals surface area (Å²) in [6, 6.07) is 5.60. The molecule has 1 saturated heterocycles. The average molecular weight is 470 g/mol. The highest BCUT2D eigenvalue weighted by molar-refractivity contribution is 6.04. The van der Waals surface area contributed by atoms with Gasteiger partial charge in [-0.25, -0.2) is 4.79 Å². The highest BCUT2D eigenvalue weighted by atomic mass is 16.6. The molecule has 7 nitrogen and oxygen atoms in total. The molecule has 1 N–H and O–H groups in total. The molecule has 0 unspecified atom stereocenters. The Labute approximate surface area is 201 Å². The van der Waals surface area contributed by atoms with Gasteiger partial charge in [-0.1, -0.05) is 19.9 Å². The number of carbonyl (C=O) groups excluding carboxylic acids is 2. The van der Waals surface area contributed by atoms with Crippen LogP contribution >= 0.6 is 0 Å². The Morgan fingerprint density at radius 3 is 2.71 bits per heavy atom. The van der Waals surface area contributed by atoms with E-state index in [4.69, 9.17) is 18.9 Å². The van der Waals surface area contributed by atoms with Gasteiger partial charge in [0.15, 0.2) is 17.3 Å². The normalized spacial score (nSPS) is 24.0. The van der Waals surface area contributed by atoms with E-state index in [0.717, 1.165) is 30.5 Å². The molecule has 1 aromatic rings. The fourth-order valence-electron chi connectivity index (χ4n) is 5.20. The van der Waals surface area contributed by atoms with Crippen molar-refractivity contribution in [3.8, 4) is 11.5 Å². The minimum Gasteiger partial charge on any atom is -0.493 e. The van der Waals surface area contributed by atoms with E-state index in [0.29, 0.717) is 48.0 Å². The van der Waals surface area contributed by atoms with Crippen LogP contribution < -0.4 is 14.8 Å². The number of methoxy groups -OCH3 is 1. The number of hydrogen-bond donors (Lipinski definition) is 1. The van der Waals surface area contributed by atoms with Crippen molar-refractivity contribution in [2.75, 3.05) is 26.9 Å². The number of allylic oxidation sites excluding steroid dienone is 3. The monoisotopic (exact) mass is 469 g/mol. The van der Waals surface area contributed by atoms with Crippen molar-refractivity contribution in [1.29, 1.82) is 0 Å². The summed E-state index contributed by atoms with van der Waals surface area (Å²) in [6.45, 7) is 9.38. The van der Waals surface area contributed by atoms with E-state index in [1.807, 2.05) is 32.0 Å². The Balaban J connectivity index is 1.75. The molecule has 1 aromatic carbocycles. The van der Waals surface area contributed by atoms with Gasteiger partial charge in [-0.3, -0.25) is 4.79 Å². The van der Waals surface area contributed by atoms with Gasteiger partial charge in [0, 0.05) is 35.9 Å². The van der Waals surface area contributed by atoms with Crippen molar-refractivity contribution in [3.05, 3.63) is 46.3 Å². The van der Waals surface area contributed by atoms with Crippen molar-refractivity contribution in [1.82, 2.24) is 5.32 Å². The topological polar surface area (TPSA) is 83.1 Å². The molecule has 1 fully saturated rings. The Hall–Kier alpha value is -2.80. The van der Waals surface area contributed by atoms with Gasteiger partial charge in [-0.15, -0.1) is 0 Å². The lowest BCUT2D eigenvalue weighted by Gasteiger charge is -2.39. The molecular weight excluding hydrogens is 434 g/mol. The van der Waals surface area contributed by atoms with Crippen LogP contribution in [0.25, 0.3) is 0 Å². The lowest BCUT2D eigenvalue weighted by atomic mass is 9.68. The molecular formula is C27H35NO6. The van der Waals surface area contributed by atoms with E-state index < -0.39 is 11.9 Å². The highest BCUT2D eigenvalue weighted by Crippen LogP contribution is 2.48. The van der Waals surface area contributed by atoms with Crippen LogP contribution in [0.1, 0.15) is 64.9 Å². The lowest BCUT2D eigenvalue weighted by Crippen LogP contribution is -2.39. The Morgan fingerprint density at radius 2 is 2.03 bits per heavy atom. The number of esters is 1. The van der Waals surface area contributed by atoms with Crippen LogP contribution in [-0.4, -0.2) is 44.8 Å². The highest BCUT2D eigenvalue weighted by Gasteiger charge is 2.43. The molecule has 2 aliphatic heterocycles. The summed E-state index contributed by atoms with van der Waals surface area (Å²) < 4.78 is 22.6. The molecule has 0 radical (unpaired) electrons. The number of carbonyl (C=O) groups is 2. The van der Waals surface area contributed by atoms with Crippen LogP contribution in [0.3, 0.4) is 0 Å². The van der Waals surface area contributed by atoms with Crippen molar-refractivity contribution < 1.29 is 28.5 Å². The summed E-state index contributed by atoms with van der Waals surface area (Å²) in [7, 11) is 1.58. The summed E-state index contributed by atoms with van der Waals surface area (Å²) in [5.41, 5.74) is 3.33. The largest absolute Gasteiger partial charge is 0.493 e. The molecule has 184 valence electrons. The molecule has 0 bridgehead atoms. The van der Waals surface area contributed by atoms with Gasteiger partial charge in [0.2, 0.25) is 0 Å². The number of Topliss-reactive ketones (excluding diaryl/α,β-unsaturated/α-hetero) is 1. The minimum absolute atomic E-state index is 0.0496. The van der Waals surface area contributed by atoms with Crippen molar-refractivity contribution >= 4 is 11.8 Å². The first-order valence-electron chi connectivity index (χ1n) is 12.1. The maximum Gasteiger partial charge on any atom is 0.336 e. The van der Waals surface area contributed by atoms with Gasteiger partial charge in [-0.05, 0) is 56.2 Å². The first-order chi connectivity index (χ1) is 16.2. The standard InChI is InChI=1S/C27H35NO6/c1-6-32-21-10-9-17(12-22(21)31-5)24-23(26(30)34-15-18-8-7-11-33-18)16(2)28-19-13-27(3,4)14-20(29)25(19)24/h9-10,12,18,24,28H,6-8,11,13-15H2,1-5H3/t18-,24+/m0/s1. The number of ketones is 1. The molecule has 0 spiro atoms. The van der Waals surface area contributed by atoms with E-state index in [-0.39, 0.29) is 23.9 Å². The lowest BCUT2D eigenvalue weighted by molar-refractivity contribution is -0.142. The zero-order valence-corrected chi connectivity index (χ0v) is 20.8. The van der Waals surface area contributed by atoms with E-state index in [1.165, 1.54) is 0 Å². The maximum absolute atomic E-state index is 13.4. The van der Waals surface area contributed by atoms with E-state index in [9.17, 15) is 9.59 Å². The van der Waals surface area contributed by atoms with Gasteiger partial charge in [0.05, 0.1) is 25.4 Å². The second-order valence-electron chi connectivity index (χ2n) is 10.0. The third-order valence-corrected chi connectivity index (χ3v) is 6.70. The van der Waals surface area contributed by atoms with Crippen LogP contribution in [-0.2, 0) is 19.1 Å². The number of ether oxygens (including phenoxy) is 4. The number of rotatable bonds is 7. The molecule has 1 aliphatic carbocycles. The van der Waals surface area contributed by atoms with E-state index >= 15 is 0 Å². The SMILES string of the molecule is CCOc1ccc([C@@H]2C(C(=O)OC[C@@H]3CCCO3)=C(C)NC3=C2C(=O)CC(C)(C)C3)cc1OC. The number of benzene rings is 1. The average Bonchev–Trinajstić information content (AvgIpc) is 3.30. The molecule has 7 heteroatoms. The van der Waals surface area contributed by atoms with E-state index in [2.05, 4.69) is 19.2 Å². The van der Waals surface area contributed by atoms with Crippen LogP contribution in [0.2, 0.25) is 0 Å². The van der Waals surface area contributed by atoms with Gasteiger partial charge in [0.1, 0.15) is 6.61 Å². The van der Waals surface area contributed by atoms with Crippen molar-refractivity contribution in [2.45, 2.75) is 65.4 Å². The predicted molar refractivity (Wildman–Crippen MR) is 128 cm³/mol. The molecule has 4 rings (SSSR count). The first-order valence-corrected chi connectivity index (χ1v) is 12.1. The summed E-state index contributed by atoms with van der Waals surface area (Å²) >= 11 is 0. The van der Waals surface area contributed by atoms with E-state index in [1.54, 1.807) is 7.11 Å². The van der Waals surface area contributed by atoms with Gasteiger partial charge in [-0.2, -0.15) is 0 Å². The summed E-state index contributed by atoms with van der Waals surface area (Å²) in [5.74, 6) is 0.266. The number of nitrogens with one attached hydrogen (secondary N) is 1. The molecule has 0 saturated carbocycles. The maximum atomic E-state index is 13.4. The van der Waals surface area contributed by atoms with Crippen molar-refractivity contribution in [3.63, 3.8) is 0 Å². The molecule has 0 amide bonds. The zero-order valence-electron chi connectivity index (χ0n) is 20.8. The predicted octanol–water partition coefficient (Wildman–Crippen LogP) is 4.42. The first kappa shape index (κ1) is 24.3. The second kappa shape index (κ2) is 9.82. The number of dihydropyridines is 1. The fourth-order valence-corrected chi connectivity index (χ4v) is 5.20. The zero-order chi connectivity index (χ0) is 24.5. The van der Waals surface area contributed by atoms with Crippen LogP contribution in [0.15, 0.2) is 40.7 Å². The van der Waals surface area contributed by atoms with Crippen LogP contribution in [0.4, 0.5) is 0 Å². The van der Waals surface area contributed by atoms with Gasteiger partial charge < -0.3 is 24.3 Å². The van der Waals surface area contributed by atoms with Crippen molar-refractivity contribution in [2.24, 2.45) is 5.41 Å². The van der Waals surface area contributed by atoms with Gasteiger partial charge >= 0.3 is 5.97 Å². The third-order valence-electron chi connectivity index (χ3n) is 6.70. The molecule has 2 atom stereocenters. The summed E-state index contributed by atoms with van der Waals surface area (Å²) in [6.07, 6.45) is 2.94. The van der Waals surface area contributed by atoms with Crippen LogP contribution in [0, 0.1) is 5.41 Å². The Bertz CT molecular complexity index is 1030. The van der Waals surface area contributed by atoms with Crippen LogP contribution in [0.5, 0.6) is 11.5 Å². The minimum atomic E-state index is -0.540. The number of hydrogen-bond acceptors (Lipinski definition) is 7. The van der Waals surface area contributed by atoms with Gasteiger partial charge in [0.25, 0.3) is 0 Å².